The Bertz CT molecular complexity index is 486. The van der Waals surface area contributed by atoms with Gasteiger partial charge in [-0.25, -0.2) is 0 Å². The Morgan fingerprint density at radius 1 is 1.24 bits per heavy atom. The third-order valence-corrected chi connectivity index (χ3v) is 3.38. The second-order valence-electron chi connectivity index (χ2n) is 4.60. The summed E-state index contributed by atoms with van der Waals surface area (Å²) in [5, 5.41) is 4.47. The van der Waals surface area contributed by atoms with Crippen LogP contribution in [0.5, 0.6) is 5.75 Å². The molecule has 0 saturated carbocycles. The second-order valence-corrected chi connectivity index (χ2v) is 4.60. The Labute approximate surface area is 101 Å². The van der Waals surface area contributed by atoms with Crippen molar-refractivity contribution in [1.82, 2.24) is 5.32 Å². The van der Waals surface area contributed by atoms with Crippen LogP contribution in [0, 0.1) is 5.92 Å². The van der Waals surface area contributed by atoms with Crippen LogP contribution in [0.1, 0.15) is 12.8 Å². The van der Waals surface area contributed by atoms with Gasteiger partial charge in [0.15, 0.2) is 11.3 Å². The number of nitrogens with one attached hydrogen (secondary N) is 1. The molecule has 1 aromatic heterocycles. The summed E-state index contributed by atoms with van der Waals surface area (Å²) < 4.78 is 11.3. The molecule has 0 radical (unpaired) electrons. The van der Waals surface area contributed by atoms with E-state index in [0.29, 0.717) is 5.92 Å². The number of benzene rings is 1. The lowest BCUT2D eigenvalue weighted by molar-refractivity contribution is 0.215. The van der Waals surface area contributed by atoms with Crippen LogP contribution in [0.3, 0.4) is 0 Å². The van der Waals surface area contributed by atoms with Crippen LogP contribution in [0.4, 0.5) is 0 Å². The first-order chi connectivity index (χ1) is 8.43. The van der Waals surface area contributed by atoms with Gasteiger partial charge in [0.25, 0.3) is 0 Å². The minimum absolute atomic E-state index is 0.668. The number of para-hydroxylation sites is 1. The van der Waals surface area contributed by atoms with Crippen molar-refractivity contribution in [1.29, 1.82) is 0 Å². The van der Waals surface area contributed by atoms with E-state index >= 15 is 0 Å². The number of fused-ring (bicyclic) bond motifs is 1. The van der Waals surface area contributed by atoms with Gasteiger partial charge in [-0.2, -0.15) is 0 Å². The normalized spacial score (nSPS) is 17.4. The first-order valence-electron chi connectivity index (χ1n) is 6.23. The third kappa shape index (κ3) is 2.29. The molecule has 1 N–H and O–H groups in total. The summed E-state index contributed by atoms with van der Waals surface area (Å²) in [6.07, 6.45) is 4.12. The van der Waals surface area contributed by atoms with Crippen LogP contribution in [0.15, 0.2) is 34.9 Å². The summed E-state index contributed by atoms with van der Waals surface area (Å²) >= 11 is 0. The zero-order valence-electron chi connectivity index (χ0n) is 9.82. The Morgan fingerprint density at radius 3 is 3.00 bits per heavy atom. The van der Waals surface area contributed by atoms with Crippen molar-refractivity contribution in [3.8, 4) is 5.75 Å². The Morgan fingerprint density at radius 2 is 2.12 bits per heavy atom. The van der Waals surface area contributed by atoms with Crippen molar-refractivity contribution in [3.63, 3.8) is 0 Å². The molecule has 90 valence electrons. The van der Waals surface area contributed by atoms with Gasteiger partial charge in [0.05, 0.1) is 12.9 Å². The molecule has 0 aliphatic carbocycles. The molecule has 1 aliphatic rings. The molecule has 2 aromatic rings. The molecule has 0 bridgehead atoms. The maximum absolute atomic E-state index is 5.90. The van der Waals surface area contributed by atoms with Crippen molar-refractivity contribution in [2.45, 2.75) is 12.8 Å². The predicted octanol–water partition coefficient (Wildman–Crippen LogP) is 2.81. The van der Waals surface area contributed by atoms with E-state index in [2.05, 4.69) is 5.32 Å². The third-order valence-electron chi connectivity index (χ3n) is 3.38. The quantitative estimate of drug-likeness (QED) is 0.882. The molecule has 2 heterocycles. The lowest BCUT2D eigenvalue weighted by Crippen LogP contribution is -2.30. The van der Waals surface area contributed by atoms with E-state index in [1.54, 1.807) is 6.26 Å². The van der Waals surface area contributed by atoms with E-state index in [1.165, 1.54) is 12.8 Å². The minimum Gasteiger partial charge on any atom is -0.489 e. The topological polar surface area (TPSA) is 34.4 Å². The maximum Gasteiger partial charge on any atom is 0.175 e. The molecule has 17 heavy (non-hydrogen) atoms. The summed E-state index contributed by atoms with van der Waals surface area (Å²) in [5.41, 5.74) is 0.862. The first-order valence-corrected chi connectivity index (χ1v) is 6.23. The smallest absolute Gasteiger partial charge is 0.175 e. The average molecular weight is 231 g/mol. The Kier molecular flexibility index (Phi) is 3.01. The molecule has 1 fully saturated rings. The van der Waals surface area contributed by atoms with E-state index in [9.17, 15) is 0 Å². The standard InChI is InChI=1S/C14H17NO2/c1-2-12-6-9-16-14(12)13(3-1)17-10-11-4-7-15-8-5-11/h1-3,6,9,11,15H,4-5,7-8,10H2. The molecule has 0 amide bonds. The van der Waals surface area contributed by atoms with E-state index < -0.39 is 0 Å². The monoisotopic (exact) mass is 231 g/mol. The summed E-state index contributed by atoms with van der Waals surface area (Å²) in [6.45, 7) is 3.01. The van der Waals surface area contributed by atoms with Gasteiger partial charge in [-0.15, -0.1) is 0 Å². The van der Waals surface area contributed by atoms with Gasteiger partial charge >= 0.3 is 0 Å². The van der Waals surface area contributed by atoms with Crippen molar-refractivity contribution in [2.24, 2.45) is 5.92 Å². The molecule has 0 unspecified atom stereocenters. The molecular weight excluding hydrogens is 214 g/mol. The lowest BCUT2D eigenvalue weighted by Gasteiger charge is -2.22. The highest BCUT2D eigenvalue weighted by Gasteiger charge is 2.14. The molecule has 3 rings (SSSR count). The number of hydrogen-bond donors (Lipinski definition) is 1. The zero-order chi connectivity index (χ0) is 11.5. The predicted molar refractivity (Wildman–Crippen MR) is 67.3 cm³/mol. The highest BCUT2D eigenvalue weighted by molar-refractivity contribution is 5.82. The molecule has 1 saturated heterocycles. The van der Waals surface area contributed by atoms with Crippen LogP contribution >= 0.6 is 0 Å². The van der Waals surface area contributed by atoms with Gasteiger partial charge in [0, 0.05) is 5.39 Å². The van der Waals surface area contributed by atoms with E-state index in [0.717, 1.165) is 36.4 Å². The fraction of sp³-hybridized carbons (Fsp3) is 0.429. The van der Waals surface area contributed by atoms with Crippen LogP contribution in [0.2, 0.25) is 0 Å². The number of rotatable bonds is 3. The molecule has 3 nitrogen and oxygen atoms in total. The lowest BCUT2D eigenvalue weighted by atomic mass is 9.99. The number of piperidine rings is 1. The average Bonchev–Trinajstić information content (AvgIpc) is 2.86. The fourth-order valence-corrected chi connectivity index (χ4v) is 2.34. The van der Waals surface area contributed by atoms with Gasteiger partial charge < -0.3 is 14.5 Å². The van der Waals surface area contributed by atoms with E-state index in [4.69, 9.17) is 9.15 Å². The van der Waals surface area contributed by atoms with Crippen molar-refractivity contribution in [2.75, 3.05) is 19.7 Å². The minimum atomic E-state index is 0.668. The van der Waals surface area contributed by atoms with E-state index in [-0.39, 0.29) is 0 Å². The van der Waals surface area contributed by atoms with Gasteiger partial charge in [0.2, 0.25) is 0 Å². The fourth-order valence-electron chi connectivity index (χ4n) is 2.34. The van der Waals surface area contributed by atoms with Crippen molar-refractivity contribution < 1.29 is 9.15 Å². The highest BCUT2D eigenvalue weighted by Crippen LogP contribution is 2.27. The van der Waals surface area contributed by atoms with E-state index in [1.807, 2.05) is 24.3 Å². The number of hydrogen-bond acceptors (Lipinski definition) is 3. The molecule has 0 atom stereocenters. The van der Waals surface area contributed by atoms with Gasteiger partial charge in [-0.3, -0.25) is 0 Å². The number of ether oxygens (including phenoxy) is 1. The summed E-state index contributed by atoms with van der Waals surface area (Å²) in [5.74, 6) is 1.53. The highest BCUT2D eigenvalue weighted by atomic mass is 16.5. The second kappa shape index (κ2) is 4.80. The van der Waals surface area contributed by atoms with Crippen molar-refractivity contribution in [3.05, 3.63) is 30.5 Å². The summed E-state index contributed by atoms with van der Waals surface area (Å²) in [7, 11) is 0. The Balaban J connectivity index is 1.69. The van der Waals surface area contributed by atoms with Crippen LogP contribution < -0.4 is 10.1 Å². The van der Waals surface area contributed by atoms with Gasteiger partial charge in [-0.1, -0.05) is 12.1 Å². The maximum atomic E-state index is 5.90. The summed E-state index contributed by atoms with van der Waals surface area (Å²) in [4.78, 5) is 0. The van der Waals surface area contributed by atoms with Gasteiger partial charge in [0.1, 0.15) is 0 Å². The molecule has 0 spiro atoms. The van der Waals surface area contributed by atoms with Gasteiger partial charge in [-0.05, 0) is 44.0 Å². The molecular formula is C14H17NO2. The SMILES string of the molecule is c1cc(OCC2CCNCC2)c2occc2c1. The van der Waals surface area contributed by atoms with Crippen LogP contribution in [-0.4, -0.2) is 19.7 Å². The van der Waals surface area contributed by atoms with Crippen LogP contribution in [-0.2, 0) is 0 Å². The summed E-state index contributed by atoms with van der Waals surface area (Å²) in [6, 6.07) is 7.99. The number of furan rings is 1. The largest absolute Gasteiger partial charge is 0.489 e. The van der Waals surface area contributed by atoms with Crippen LogP contribution in [0.25, 0.3) is 11.0 Å². The Hall–Kier alpha value is -1.48. The molecule has 1 aromatic carbocycles. The first kappa shape index (κ1) is 10.7. The van der Waals surface area contributed by atoms with Crippen molar-refractivity contribution >= 4 is 11.0 Å². The molecule has 3 heteroatoms. The zero-order valence-corrected chi connectivity index (χ0v) is 9.82. The molecule has 1 aliphatic heterocycles.